The highest BCUT2D eigenvalue weighted by Gasteiger charge is 2.51. The Labute approximate surface area is 173 Å². The van der Waals surface area contributed by atoms with E-state index < -0.39 is 27.5 Å². The smallest absolute Gasteiger partial charge is 0.335 e. The molecule has 1 aromatic rings. The van der Waals surface area contributed by atoms with Gasteiger partial charge in [0.15, 0.2) is 0 Å². The van der Waals surface area contributed by atoms with Crippen molar-refractivity contribution in [3.05, 3.63) is 39.4 Å². The summed E-state index contributed by atoms with van der Waals surface area (Å²) < 4.78 is 31.1. The molecule has 0 aliphatic carbocycles. The van der Waals surface area contributed by atoms with Gasteiger partial charge in [0.2, 0.25) is 10.0 Å². The van der Waals surface area contributed by atoms with E-state index in [1.165, 1.54) is 17.3 Å². The molecule has 0 aromatic heterocycles. The predicted octanol–water partition coefficient (Wildman–Crippen LogP) is 2.99. The summed E-state index contributed by atoms with van der Waals surface area (Å²) in [4.78, 5) is 25.2. The molecule has 1 N–H and O–H groups in total. The number of anilines is 1. The lowest BCUT2D eigenvalue weighted by atomic mass is 9.83. The zero-order valence-electron chi connectivity index (χ0n) is 15.4. The predicted molar refractivity (Wildman–Crippen MR) is 107 cm³/mol. The normalized spacial score (nSPS) is 19.8. The van der Waals surface area contributed by atoms with Crippen molar-refractivity contribution in [2.45, 2.75) is 32.3 Å². The molecule has 2 aliphatic heterocycles. The highest BCUT2D eigenvalue weighted by Crippen LogP contribution is 2.42. The number of hydrogen-bond donors (Lipinski definition) is 1. The summed E-state index contributed by atoms with van der Waals surface area (Å²) >= 11 is 11.9. The number of nitrogens with one attached hydrogen (secondary N) is 1. The molecule has 0 bridgehead atoms. The fourth-order valence-corrected chi connectivity index (χ4v) is 4.96. The minimum absolute atomic E-state index is 0.000670. The van der Waals surface area contributed by atoms with Crippen LogP contribution in [0.2, 0.25) is 10.0 Å². The van der Waals surface area contributed by atoms with Crippen molar-refractivity contribution in [3.63, 3.8) is 0 Å². The monoisotopic (exact) mass is 446 g/mol. The molecule has 10 heteroatoms. The fraction of sp³-hybridized carbons (Fsp3) is 0.444. The van der Waals surface area contributed by atoms with Crippen molar-refractivity contribution in [2.75, 3.05) is 24.2 Å². The van der Waals surface area contributed by atoms with Crippen molar-refractivity contribution in [3.8, 4) is 0 Å². The van der Waals surface area contributed by atoms with Crippen molar-refractivity contribution in [2.24, 2.45) is 0 Å². The van der Waals surface area contributed by atoms with Gasteiger partial charge in [-0.05, 0) is 32.0 Å². The second kappa shape index (κ2) is 7.67. The van der Waals surface area contributed by atoms with Crippen molar-refractivity contribution in [1.82, 2.24) is 4.31 Å². The molecular weight excluding hydrogens is 427 g/mol. The number of benzene rings is 1. The van der Waals surface area contributed by atoms with Gasteiger partial charge in [0.1, 0.15) is 5.60 Å². The zero-order valence-corrected chi connectivity index (χ0v) is 17.7. The van der Waals surface area contributed by atoms with Crippen LogP contribution in [0.25, 0.3) is 0 Å². The fourth-order valence-electron chi connectivity index (χ4n) is 3.55. The second-order valence-corrected chi connectivity index (χ2v) is 9.84. The van der Waals surface area contributed by atoms with E-state index in [1.54, 1.807) is 19.1 Å². The maximum atomic E-state index is 13.0. The van der Waals surface area contributed by atoms with Crippen LogP contribution >= 0.6 is 23.2 Å². The van der Waals surface area contributed by atoms with Crippen LogP contribution < -0.4 is 5.32 Å². The number of carbonyl (C=O) groups excluding carboxylic acids is 2. The van der Waals surface area contributed by atoms with Crippen molar-refractivity contribution < 1.29 is 22.7 Å². The number of amides is 1. The van der Waals surface area contributed by atoms with Gasteiger partial charge < -0.3 is 10.1 Å². The molecule has 7 nitrogen and oxygen atoms in total. The van der Waals surface area contributed by atoms with Gasteiger partial charge in [0.05, 0.1) is 21.4 Å². The van der Waals surface area contributed by atoms with E-state index in [-0.39, 0.29) is 47.9 Å². The van der Waals surface area contributed by atoms with Crippen LogP contribution in [0.4, 0.5) is 5.69 Å². The Morgan fingerprint density at radius 3 is 2.46 bits per heavy atom. The first kappa shape index (κ1) is 21.1. The third kappa shape index (κ3) is 3.78. The molecule has 2 aliphatic rings. The summed E-state index contributed by atoms with van der Waals surface area (Å²) in [5, 5.41) is 3.37. The van der Waals surface area contributed by atoms with Gasteiger partial charge in [-0.25, -0.2) is 17.5 Å². The number of nitrogens with zero attached hydrogens (tertiary/aromatic N) is 1. The summed E-state index contributed by atoms with van der Waals surface area (Å²) in [5.74, 6) is -1.04. The largest absolute Gasteiger partial charge is 0.450 e. The molecule has 2 heterocycles. The quantitative estimate of drug-likeness (QED) is 0.717. The Hall–Kier alpha value is -1.61. The van der Waals surface area contributed by atoms with Gasteiger partial charge >= 0.3 is 5.97 Å². The van der Waals surface area contributed by atoms with E-state index in [1.807, 2.05) is 0 Å². The van der Waals surface area contributed by atoms with Gasteiger partial charge in [0, 0.05) is 37.2 Å². The Balaban J connectivity index is 1.85. The average Bonchev–Trinajstić information content (AvgIpc) is 2.88. The number of sulfonamides is 1. The number of hydrogen-bond acceptors (Lipinski definition) is 5. The van der Waals surface area contributed by atoms with Gasteiger partial charge in [-0.15, -0.1) is 0 Å². The molecule has 3 rings (SSSR count). The number of piperidine rings is 1. The Kier molecular flexibility index (Phi) is 5.78. The molecule has 1 amide bonds. The van der Waals surface area contributed by atoms with Crippen LogP contribution in [-0.2, 0) is 24.3 Å². The number of halogens is 2. The summed E-state index contributed by atoms with van der Waals surface area (Å²) in [5.41, 5.74) is -0.233. The van der Waals surface area contributed by atoms with Crippen LogP contribution in [0.5, 0.6) is 0 Å². The van der Waals surface area contributed by atoms with E-state index >= 15 is 0 Å². The molecular formula is C18H20Cl2N2O5S. The number of carbonyl (C=O) groups is 2. The Morgan fingerprint density at radius 1 is 1.25 bits per heavy atom. The third-order valence-electron chi connectivity index (χ3n) is 5.12. The van der Waals surface area contributed by atoms with Crippen molar-refractivity contribution in [1.29, 1.82) is 0 Å². The van der Waals surface area contributed by atoms with Crippen LogP contribution in [0, 0.1) is 0 Å². The summed E-state index contributed by atoms with van der Waals surface area (Å²) in [7, 11) is -3.34. The first-order valence-corrected chi connectivity index (χ1v) is 11.1. The van der Waals surface area contributed by atoms with Gasteiger partial charge in [0.25, 0.3) is 5.91 Å². The lowest BCUT2D eigenvalue weighted by Crippen LogP contribution is -2.49. The molecule has 0 radical (unpaired) electrons. The molecule has 1 spiro atoms. The molecule has 0 atom stereocenters. The highest BCUT2D eigenvalue weighted by atomic mass is 35.5. The molecule has 1 saturated heterocycles. The van der Waals surface area contributed by atoms with E-state index in [2.05, 4.69) is 5.32 Å². The number of ether oxygens (including phenoxy) is 1. The average molecular weight is 447 g/mol. The molecule has 1 fully saturated rings. The maximum Gasteiger partial charge on any atom is 0.335 e. The lowest BCUT2D eigenvalue weighted by Gasteiger charge is -2.38. The van der Waals surface area contributed by atoms with Crippen LogP contribution in [-0.4, -0.2) is 49.0 Å². The standard InChI is InChI=1S/C18H20Cl2N2O5S/c1-3-28(25,26)22-8-6-18(7-9-22)15(11(2)17(24)27-18)16(23)21-12-4-5-13(19)14(20)10-12/h4-5,10H,3,6-9H2,1-2H3,(H,21,23). The number of rotatable bonds is 4. The SMILES string of the molecule is CCS(=O)(=O)N1CCC2(CC1)OC(=O)C(C)=C2C(=O)Nc1ccc(Cl)c(Cl)c1. The molecule has 152 valence electrons. The second-order valence-electron chi connectivity index (χ2n) is 6.77. The lowest BCUT2D eigenvalue weighted by molar-refractivity contribution is -0.149. The topological polar surface area (TPSA) is 92.8 Å². The van der Waals surface area contributed by atoms with Crippen LogP contribution in [0.1, 0.15) is 26.7 Å². The zero-order chi connectivity index (χ0) is 20.7. The minimum atomic E-state index is -3.34. The molecule has 0 saturated carbocycles. The molecule has 0 unspecified atom stereocenters. The van der Waals surface area contributed by atoms with E-state index in [9.17, 15) is 18.0 Å². The third-order valence-corrected chi connectivity index (χ3v) is 7.74. The first-order chi connectivity index (χ1) is 13.1. The molecule has 28 heavy (non-hydrogen) atoms. The Morgan fingerprint density at radius 2 is 1.89 bits per heavy atom. The minimum Gasteiger partial charge on any atom is -0.450 e. The van der Waals surface area contributed by atoms with Crippen LogP contribution in [0.3, 0.4) is 0 Å². The van der Waals surface area contributed by atoms with Crippen LogP contribution in [0.15, 0.2) is 29.3 Å². The highest BCUT2D eigenvalue weighted by molar-refractivity contribution is 7.89. The van der Waals surface area contributed by atoms with Gasteiger partial charge in [-0.2, -0.15) is 0 Å². The molecule has 1 aromatic carbocycles. The van der Waals surface area contributed by atoms with E-state index in [0.29, 0.717) is 10.7 Å². The number of esters is 1. The Bertz CT molecular complexity index is 966. The van der Waals surface area contributed by atoms with Gasteiger partial charge in [-0.1, -0.05) is 23.2 Å². The summed E-state index contributed by atoms with van der Waals surface area (Å²) in [6, 6.07) is 4.67. The van der Waals surface area contributed by atoms with Crippen molar-refractivity contribution >= 4 is 50.8 Å². The summed E-state index contributed by atoms with van der Waals surface area (Å²) in [6.45, 7) is 3.48. The maximum absolute atomic E-state index is 13.0. The van der Waals surface area contributed by atoms with E-state index in [0.717, 1.165) is 0 Å². The van der Waals surface area contributed by atoms with E-state index in [4.69, 9.17) is 27.9 Å². The summed E-state index contributed by atoms with van der Waals surface area (Å²) in [6.07, 6.45) is 0.443. The van der Waals surface area contributed by atoms with Gasteiger partial charge in [-0.3, -0.25) is 4.79 Å². The first-order valence-electron chi connectivity index (χ1n) is 8.78.